The molecule has 4 nitrogen and oxygen atoms in total. The van der Waals surface area contributed by atoms with Gasteiger partial charge < -0.3 is 0 Å². The fraction of sp³-hybridized carbons (Fsp3) is 0.400. The second-order valence-corrected chi connectivity index (χ2v) is 3.47. The fourth-order valence-electron chi connectivity index (χ4n) is 1.62. The summed E-state index contributed by atoms with van der Waals surface area (Å²) in [6, 6.07) is 1.88. The summed E-state index contributed by atoms with van der Waals surface area (Å²) in [6.45, 7) is 5.73. The number of fused-ring (bicyclic) bond motifs is 1. The first kappa shape index (κ1) is 8.99. The van der Waals surface area contributed by atoms with Crippen LogP contribution in [0.3, 0.4) is 0 Å². The van der Waals surface area contributed by atoms with E-state index in [2.05, 4.69) is 10.1 Å². The molecule has 0 aliphatic carbocycles. The minimum atomic E-state index is -0.0000463. The summed E-state index contributed by atoms with van der Waals surface area (Å²) < 4.78 is 1.49. The zero-order valence-corrected chi connectivity index (χ0v) is 8.59. The lowest BCUT2D eigenvalue weighted by atomic mass is 10.2. The summed E-state index contributed by atoms with van der Waals surface area (Å²) in [5.41, 5.74) is 3.26. The first-order chi connectivity index (χ1) is 6.63. The van der Waals surface area contributed by atoms with Crippen molar-refractivity contribution in [1.82, 2.24) is 14.6 Å². The van der Waals surface area contributed by atoms with E-state index in [4.69, 9.17) is 0 Å². The normalized spacial score (nSPS) is 11.1. The number of hydrogen-bond acceptors (Lipinski definition) is 2. The maximum atomic E-state index is 11.8. The van der Waals surface area contributed by atoms with E-state index in [1.807, 2.05) is 26.8 Å². The zero-order valence-electron chi connectivity index (χ0n) is 8.59. The van der Waals surface area contributed by atoms with Crippen LogP contribution in [0.4, 0.5) is 0 Å². The van der Waals surface area contributed by atoms with Crippen LogP contribution in [0.5, 0.6) is 0 Å². The third-order valence-electron chi connectivity index (χ3n) is 2.40. The van der Waals surface area contributed by atoms with Crippen LogP contribution in [0.15, 0.2) is 10.9 Å². The monoisotopic (exact) mass is 191 g/mol. The van der Waals surface area contributed by atoms with Crippen molar-refractivity contribution in [3.05, 3.63) is 33.4 Å². The fourth-order valence-corrected chi connectivity index (χ4v) is 1.62. The maximum absolute atomic E-state index is 11.8. The molecule has 0 aromatic carbocycles. The molecule has 0 aliphatic heterocycles. The number of H-pyrrole nitrogens is 1. The van der Waals surface area contributed by atoms with Crippen LogP contribution in [0.1, 0.15) is 23.9 Å². The van der Waals surface area contributed by atoms with E-state index in [0.717, 1.165) is 23.4 Å². The standard InChI is InChI=1S/C10H13N3O/c1-4-8-7(3)10(14)13-9(11-8)5-6(2)12-13/h5,12H,4H2,1-3H3. The Kier molecular flexibility index (Phi) is 1.91. The Labute approximate surface area is 81.6 Å². The summed E-state index contributed by atoms with van der Waals surface area (Å²) >= 11 is 0. The van der Waals surface area contributed by atoms with Crippen LogP contribution >= 0.6 is 0 Å². The second kappa shape index (κ2) is 2.97. The molecule has 0 aliphatic rings. The molecular formula is C10H13N3O. The molecule has 0 bridgehead atoms. The van der Waals surface area contributed by atoms with Crippen LogP contribution in [-0.2, 0) is 6.42 Å². The van der Waals surface area contributed by atoms with Gasteiger partial charge in [0.15, 0.2) is 5.65 Å². The summed E-state index contributed by atoms with van der Waals surface area (Å²) in [7, 11) is 0. The zero-order chi connectivity index (χ0) is 10.3. The van der Waals surface area contributed by atoms with Crippen LogP contribution in [-0.4, -0.2) is 14.6 Å². The maximum Gasteiger partial charge on any atom is 0.275 e. The number of rotatable bonds is 1. The number of hydrogen-bond donors (Lipinski definition) is 1. The molecule has 0 unspecified atom stereocenters. The van der Waals surface area contributed by atoms with Crippen molar-refractivity contribution in [3.8, 4) is 0 Å². The van der Waals surface area contributed by atoms with Crippen molar-refractivity contribution in [2.45, 2.75) is 27.2 Å². The van der Waals surface area contributed by atoms with Crippen molar-refractivity contribution >= 4 is 5.65 Å². The summed E-state index contributed by atoms with van der Waals surface area (Å²) in [6.07, 6.45) is 0.793. The third kappa shape index (κ3) is 1.14. The van der Waals surface area contributed by atoms with Crippen LogP contribution < -0.4 is 5.56 Å². The van der Waals surface area contributed by atoms with Gasteiger partial charge in [0.2, 0.25) is 0 Å². The van der Waals surface area contributed by atoms with Gasteiger partial charge in [0, 0.05) is 17.3 Å². The Bertz CT molecular complexity index is 536. The Hall–Kier alpha value is -1.58. The number of aromatic nitrogens is 3. The number of aryl methyl sites for hydroxylation is 2. The molecule has 14 heavy (non-hydrogen) atoms. The highest BCUT2D eigenvalue weighted by atomic mass is 16.1. The van der Waals surface area contributed by atoms with E-state index in [-0.39, 0.29) is 5.56 Å². The van der Waals surface area contributed by atoms with E-state index in [1.54, 1.807) is 0 Å². The second-order valence-electron chi connectivity index (χ2n) is 3.47. The predicted octanol–water partition coefficient (Wildman–Crippen LogP) is 1.20. The molecule has 1 N–H and O–H groups in total. The molecule has 0 fully saturated rings. The Balaban J connectivity index is 2.91. The van der Waals surface area contributed by atoms with Crippen LogP contribution in [0.2, 0.25) is 0 Å². The predicted molar refractivity (Wildman–Crippen MR) is 54.7 cm³/mol. The van der Waals surface area contributed by atoms with Gasteiger partial charge in [-0.1, -0.05) is 6.92 Å². The molecule has 0 saturated carbocycles. The first-order valence-corrected chi connectivity index (χ1v) is 4.71. The Morgan fingerprint density at radius 1 is 1.50 bits per heavy atom. The smallest absolute Gasteiger partial charge is 0.275 e. The highest BCUT2D eigenvalue weighted by molar-refractivity contribution is 5.41. The van der Waals surface area contributed by atoms with Crippen molar-refractivity contribution < 1.29 is 0 Å². The van der Waals surface area contributed by atoms with Gasteiger partial charge in [-0.15, -0.1) is 0 Å². The lowest BCUT2D eigenvalue weighted by Crippen LogP contribution is -2.20. The van der Waals surface area contributed by atoms with Gasteiger partial charge in [-0.05, 0) is 20.3 Å². The molecule has 0 atom stereocenters. The quantitative estimate of drug-likeness (QED) is 0.736. The number of nitrogens with one attached hydrogen (secondary N) is 1. The number of nitrogens with zero attached hydrogens (tertiary/aromatic N) is 2. The van der Waals surface area contributed by atoms with Crippen molar-refractivity contribution in [2.24, 2.45) is 0 Å². The minimum absolute atomic E-state index is 0.0000463. The van der Waals surface area contributed by atoms with Crippen LogP contribution in [0.25, 0.3) is 5.65 Å². The molecule has 0 radical (unpaired) electrons. The van der Waals surface area contributed by atoms with Crippen molar-refractivity contribution in [2.75, 3.05) is 0 Å². The van der Waals surface area contributed by atoms with Gasteiger partial charge in [-0.25, -0.2) is 9.50 Å². The Morgan fingerprint density at radius 2 is 2.21 bits per heavy atom. The van der Waals surface area contributed by atoms with E-state index >= 15 is 0 Å². The van der Waals surface area contributed by atoms with Gasteiger partial charge in [0.25, 0.3) is 5.56 Å². The van der Waals surface area contributed by atoms with Crippen LogP contribution in [0, 0.1) is 13.8 Å². The largest absolute Gasteiger partial charge is 0.294 e. The molecule has 0 spiro atoms. The van der Waals surface area contributed by atoms with Gasteiger partial charge in [0.1, 0.15) is 0 Å². The third-order valence-corrected chi connectivity index (χ3v) is 2.40. The SMILES string of the molecule is CCc1nc2cc(C)[nH]n2c(=O)c1C. The Morgan fingerprint density at radius 3 is 2.86 bits per heavy atom. The molecule has 74 valence electrons. The molecule has 2 rings (SSSR count). The molecule has 2 aromatic rings. The lowest BCUT2D eigenvalue weighted by molar-refractivity contribution is 0.845. The molecule has 0 saturated heterocycles. The van der Waals surface area contributed by atoms with Crippen molar-refractivity contribution in [3.63, 3.8) is 0 Å². The minimum Gasteiger partial charge on any atom is -0.294 e. The lowest BCUT2D eigenvalue weighted by Gasteiger charge is -2.01. The van der Waals surface area contributed by atoms with Crippen molar-refractivity contribution in [1.29, 1.82) is 0 Å². The summed E-state index contributed by atoms with van der Waals surface area (Å²) in [5, 5.41) is 2.96. The first-order valence-electron chi connectivity index (χ1n) is 4.71. The molecule has 0 amide bonds. The van der Waals surface area contributed by atoms with E-state index in [1.165, 1.54) is 4.52 Å². The van der Waals surface area contributed by atoms with Gasteiger partial charge >= 0.3 is 0 Å². The van der Waals surface area contributed by atoms with E-state index in [0.29, 0.717) is 5.65 Å². The molecule has 2 heterocycles. The number of aromatic amines is 1. The van der Waals surface area contributed by atoms with Gasteiger partial charge in [-0.2, -0.15) is 0 Å². The molecule has 2 aromatic heterocycles. The topological polar surface area (TPSA) is 50.2 Å². The van der Waals surface area contributed by atoms with E-state index < -0.39 is 0 Å². The van der Waals surface area contributed by atoms with E-state index in [9.17, 15) is 4.79 Å². The summed E-state index contributed by atoms with van der Waals surface area (Å²) in [5.74, 6) is 0. The highest BCUT2D eigenvalue weighted by Crippen LogP contribution is 2.05. The average molecular weight is 191 g/mol. The molecule has 4 heteroatoms. The van der Waals surface area contributed by atoms with Gasteiger partial charge in [-0.3, -0.25) is 9.89 Å². The highest BCUT2D eigenvalue weighted by Gasteiger charge is 2.08. The molecular weight excluding hydrogens is 178 g/mol. The summed E-state index contributed by atoms with van der Waals surface area (Å²) in [4.78, 5) is 16.2. The van der Waals surface area contributed by atoms with Gasteiger partial charge in [0.05, 0.1) is 5.69 Å². The average Bonchev–Trinajstić information content (AvgIpc) is 2.52.